The molecule has 2 amide bonds. The number of nitrogens with zero attached hydrogens (tertiary/aromatic N) is 1. The molecule has 15 heteroatoms. The molecule has 0 bridgehead atoms. The third kappa shape index (κ3) is 8.74. The zero-order valence-corrected chi connectivity index (χ0v) is 17.6. The van der Waals surface area contributed by atoms with Gasteiger partial charge in [-0.2, -0.15) is 17.6 Å². The Kier molecular flexibility index (Phi) is 13.2. The number of nitrogens with two attached hydrogens (primary N) is 3. The van der Waals surface area contributed by atoms with Crippen LogP contribution >= 0.6 is 0 Å². The molecule has 32 heavy (non-hydrogen) atoms. The number of nitro groups is 1. The van der Waals surface area contributed by atoms with Crippen molar-refractivity contribution in [3.05, 3.63) is 65.1 Å². The number of nitro benzene ring substituents is 1. The molecule has 0 radical (unpaired) electrons. The Morgan fingerprint density at radius 2 is 1.28 bits per heavy atom. The van der Waals surface area contributed by atoms with Gasteiger partial charge >= 0.3 is 18.9 Å². The van der Waals surface area contributed by atoms with Crippen molar-refractivity contribution in [1.82, 2.24) is 0 Å². The van der Waals surface area contributed by atoms with Gasteiger partial charge in [-0.05, 0) is 18.2 Å². The number of para-hydroxylation sites is 2. The molecule has 0 atom stereocenters. The molecule has 10 nitrogen and oxygen atoms in total. The zero-order chi connectivity index (χ0) is 23.0. The molecule has 0 saturated heterocycles. The van der Waals surface area contributed by atoms with Crippen LogP contribution in [0.4, 0.5) is 28.9 Å². The summed E-state index contributed by atoms with van der Waals surface area (Å²) in [6.07, 6.45) is 0. The largest absolute Gasteiger partial charge is 0.432 e. The maximum Gasteiger partial charge on any atom is 0.387 e. The van der Waals surface area contributed by atoms with E-state index < -0.39 is 47.0 Å². The quantitative estimate of drug-likeness (QED) is 0.118. The van der Waals surface area contributed by atoms with E-state index in [4.69, 9.17) is 17.2 Å². The number of carbonyl (C=O) groups is 2. The molecule has 2 aromatic rings. The standard InChI is InChI=1S/C8H6F2N2O4.C8H8F2N2O2.CH3.Pd/c9-8(10)16-6-4(7(11)13)2-1-3-5(6)12(14)15;9-8(10)14-6-4(7(12)13)2-1-3-5(6)11;;/h1-3,8H,(H2,11,13);1-3,8H,11H2,(H2,12,13);1H3;/q;;-1;. The fourth-order valence-corrected chi connectivity index (χ4v) is 2.05. The van der Waals surface area contributed by atoms with Crippen molar-refractivity contribution in [2.24, 2.45) is 11.5 Å². The number of ether oxygens (including phenoxy) is 2. The number of rotatable bonds is 7. The van der Waals surface area contributed by atoms with Crippen LogP contribution in [-0.2, 0) is 20.4 Å². The predicted molar refractivity (Wildman–Crippen MR) is 101 cm³/mol. The number of benzene rings is 2. The number of halogens is 4. The monoisotopic (exact) mass is 555 g/mol. The Labute approximate surface area is 192 Å². The summed E-state index contributed by atoms with van der Waals surface area (Å²) in [4.78, 5) is 31.2. The number of nitrogen functional groups attached to an aromatic ring is 1. The molecule has 0 aliphatic carbocycles. The van der Waals surface area contributed by atoms with Gasteiger partial charge in [-0.1, -0.05) is 12.1 Å². The van der Waals surface area contributed by atoms with Crippen molar-refractivity contribution in [3.63, 3.8) is 0 Å². The Morgan fingerprint density at radius 3 is 1.69 bits per heavy atom. The van der Waals surface area contributed by atoms with Crippen LogP contribution in [0.2, 0.25) is 0 Å². The summed E-state index contributed by atoms with van der Waals surface area (Å²) >= 11 is 0. The summed E-state index contributed by atoms with van der Waals surface area (Å²) in [7, 11) is 0. The van der Waals surface area contributed by atoms with E-state index in [1.807, 2.05) is 0 Å². The topological polar surface area (TPSA) is 174 Å². The number of hydrogen-bond acceptors (Lipinski definition) is 7. The molecule has 0 aromatic heterocycles. The first kappa shape index (κ1) is 30.8. The van der Waals surface area contributed by atoms with Crippen molar-refractivity contribution in [2.75, 3.05) is 5.73 Å². The smallest absolute Gasteiger partial charge is 0.387 e. The summed E-state index contributed by atoms with van der Waals surface area (Å²) in [6, 6.07) is 7.17. The molecule has 0 aliphatic heterocycles. The Morgan fingerprint density at radius 1 is 0.875 bits per heavy atom. The number of anilines is 1. The molecule has 2 aromatic carbocycles. The van der Waals surface area contributed by atoms with Gasteiger partial charge in [0.05, 0.1) is 21.7 Å². The van der Waals surface area contributed by atoms with E-state index in [1.165, 1.54) is 18.2 Å². The van der Waals surface area contributed by atoms with Crippen molar-refractivity contribution in [2.45, 2.75) is 13.2 Å². The average molecular weight is 556 g/mol. The van der Waals surface area contributed by atoms with Crippen LogP contribution in [0.5, 0.6) is 11.5 Å². The van der Waals surface area contributed by atoms with Crippen LogP contribution in [0.25, 0.3) is 0 Å². The minimum atomic E-state index is -3.28. The summed E-state index contributed by atoms with van der Waals surface area (Å²) in [5.74, 6) is -3.16. The van der Waals surface area contributed by atoms with E-state index in [0.29, 0.717) is 0 Å². The number of alkyl halides is 4. The first-order valence-electron chi connectivity index (χ1n) is 7.60. The van der Waals surface area contributed by atoms with Crippen LogP contribution < -0.4 is 26.7 Å². The van der Waals surface area contributed by atoms with Crippen LogP contribution in [0, 0.1) is 17.5 Å². The number of primary amides is 2. The van der Waals surface area contributed by atoms with E-state index in [-0.39, 0.29) is 44.8 Å². The van der Waals surface area contributed by atoms with E-state index in [9.17, 15) is 37.3 Å². The number of hydrogen-bond donors (Lipinski definition) is 3. The van der Waals surface area contributed by atoms with Crippen molar-refractivity contribution in [1.29, 1.82) is 0 Å². The molecular formula is C17H17F4N4O6Pd-. The van der Waals surface area contributed by atoms with Crippen molar-refractivity contribution >= 4 is 23.2 Å². The zero-order valence-electron chi connectivity index (χ0n) is 16.1. The summed E-state index contributed by atoms with van der Waals surface area (Å²) < 4.78 is 55.9. The fourth-order valence-electron chi connectivity index (χ4n) is 2.05. The van der Waals surface area contributed by atoms with E-state index in [0.717, 1.165) is 18.2 Å². The van der Waals surface area contributed by atoms with Gasteiger partial charge in [-0.3, -0.25) is 19.7 Å². The Bertz CT molecular complexity index is 917. The molecule has 0 saturated carbocycles. The Balaban J connectivity index is 0. The maximum atomic E-state index is 12.0. The van der Waals surface area contributed by atoms with Crippen LogP contribution in [-0.4, -0.2) is 30.0 Å². The minimum absolute atomic E-state index is 0. The summed E-state index contributed by atoms with van der Waals surface area (Å²) in [5, 5.41) is 10.5. The second kappa shape index (κ2) is 13.8. The second-order valence-corrected chi connectivity index (χ2v) is 5.12. The van der Waals surface area contributed by atoms with Crippen LogP contribution in [0.15, 0.2) is 36.4 Å². The first-order valence-corrected chi connectivity index (χ1v) is 7.60. The summed E-state index contributed by atoms with van der Waals surface area (Å²) in [6.45, 7) is -6.32. The second-order valence-electron chi connectivity index (χ2n) is 5.12. The van der Waals surface area contributed by atoms with Gasteiger partial charge in [0.25, 0.3) is 11.8 Å². The fraction of sp³-hybridized carbons (Fsp3) is 0.118. The summed E-state index contributed by atoms with van der Waals surface area (Å²) in [5.41, 5.74) is 13.7. The van der Waals surface area contributed by atoms with Crippen molar-refractivity contribution in [3.8, 4) is 11.5 Å². The van der Waals surface area contributed by atoms with Gasteiger partial charge in [0.15, 0.2) is 5.75 Å². The third-order valence-corrected chi connectivity index (χ3v) is 3.18. The predicted octanol–water partition coefficient (Wildman–Crippen LogP) is 2.71. The number of amides is 2. The molecular weight excluding hydrogens is 539 g/mol. The van der Waals surface area contributed by atoms with Gasteiger partial charge in [0.2, 0.25) is 5.75 Å². The van der Waals surface area contributed by atoms with E-state index in [2.05, 4.69) is 9.47 Å². The van der Waals surface area contributed by atoms with E-state index >= 15 is 0 Å². The Hall–Kier alpha value is -3.44. The molecule has 0 unspecified atom stereocenters. The van der Waals surface area contributed by atoms with E-state index in [1.54, 1.807) is 0 Å². The third-order valence-electron chi connectivity index (χ3n) is 3.18. The van der Waals surface area contributed by atoms with Crippen LogP contribution in [0.3, 0.4) is 0 Å². The average Bonchev–Trinajstić information content (AvgIpc) is 2.62. The molecule has 0 aliphatic rings. The SMILES string of the molecule is NC(=O)c1cccc(N)c1OC(F)F.NC(=O)c1cccc([N+](=O)[O-])c1OC(F)F.[CH3-].[Pd]. The molecule has 2 rings (SSSR count). The first-order chi connectivity index (χ1) is 14.0. The van der Waals surface area contributed by atoms with Crippen molar-refractivity contribution < 1.29 is 62.0 Å². The van der Waals surface area contributed by atoms with Gasteiger partial charge in [0.1, 0.15) is 0 Å². The molecule has 0 fully saturated rings. The van der Waals surface area contributed by atoms with Gasteiger partial charge in [-0.15, -0.1) is 0 Å². The molecule has 0 spiro atoms. The minimum Gasteiger partial charge on any atom is -0.432 e. The molecule has 0 heterocycles. The van der Waals surface area contributed by atoms with Gasteiger partial charge < -0.3 is 34.1 Å². The molecule has 6 N–H and O–H groups in total. The normalized spacial score (nSPS) is 9.56. The maximum absolute atomic E-state index is 12.0. The van der Waals surface area contributed by atoms with Gasteiger partial charge in [-0.25, -0.2) is 0 Å². The van der Waals surface area contributed by atoms with Gasteiger partial charge in [0, 0.05) is 26.5 Å². The van der Waals surface area contributed by atoms with Crippen LogP contribution in [0.1, 0.15) is 20.7 Å². The molecule has 180 valence electrons. The number of carbonyl (C=O) groups excluding carboxylic acids is 2.